The SMILES string of the molecule is O=C(c1ccc(-c2ccccc2)cc1)C1CCCN(C(=O)C2CCOCC2)C1. The first kappa shape index (κ1) is 18.9. The van der Waals surface area contributed by atoms with E-state index in [9.17, 15) is 9.59 Å². The van der Waals surface area contributed by atoms with Gasteiger partial charge in [-0.1, -0.05) is 54.6 Å². The summed E-state index contributed by atoms with van der Waals surface area (Å²) in [5, 5.41) is 0. The first-order chi connectivity index (χ1) is 13.7. The largest absolute Gasteiger partial charge is 0.381 e. The van der Waals surface area contributed by atoms with Crippen LogP contribution < -0.4 is 0 Å². The highest BCUT2D eigenvalue weighted by atomic mass is 16.5. The first-order valence-corrected chi connectivity index (χ1v) is 10.3. The van der Waals surface area contributed by atoms with Gasteiger partial charge in [0.25, 0.3) is 0 Å². The number of carbonyl (C=O) groups excluding carboxylic acids is 2. The molecule has 1 unspecified atom stereocenters. The number of hydrogen-bond donors (Lipinski definition) is 0. The average molecular weight is 377 g/mol. The molecule has 4 heteroatoms. The molecule has 4 rings (SSSR count). The third kappa shape index (κ3) is 4.17. The van der Waals surface area contributed by atoms with Gasteiger partial charge in [-0.2, -0.15) is 0 Å². The third-order valence-electron chi connectivity index (χ3n) is 5.95. The van der Waals surface area contributed by atoms with Gasteiger partial charge in [-0.15, -0.1) is 0 Å². The number of rotatable bonds is 4. The fraction of sp³-hybridized carbons (Fsp3) is 0.417. The lowest BCUT2D eigenvalue weighted by molar-refractivity contribution is -0.140. The van der Waals surface area contributed by atoms with E-state index in [0.717, 1.165) is 48.9 Å². The molecule has 0 aliphatic carbocycles. The van der Waals surface area contributed by atoms with E-state index in [4.69, 9.17) is 4.74 Å². The summed E-state index contributed by atoms with van der Waals surface area (Å²) in [6.45, 7) is 2.66. The Hall–Kier alpha value is -2.46. The summed E-state index contributed by atoms with van der Waals surface area (Å²) in [4.78, 5) is 27.8. The van der Waals surface area contributed by atoms with Crippen LogP contribution in [0.1, 0.15) is 36.0 Å². The second kappa shape index (κ2) is 8.70. The number of hydrogen-bond acceptors (Lipinski definition) is 3. The van der Waals surface area contributed by atoms with E-state index in [2.05, 4.69) is 12.1 Å². The third-order valence-corrected chi connectivity index (χ3v) is 5.95. The summed E-state index contributed by atoms with van der Waals surface area (Å²) in [6.07, 6.45) is 3.36. The highest BCUT2D eigenvalue weighted by Gasteiger charge is 2.32. The van der Waals surface area contributed by atoms with Gasteiger partial charge in [0.15, 0.2) is 5.78 Å². The van der Waals surface area contributed by atoms with E-state index in [1.165, 1.54) is 0 Å². The molecule has 1 atom stereocenters. The predicted molar refractivity (Wildman–Crippen MR) is 109 cm³/mol. The molecule has 2 fully saturated rings. The molecule has 2 saturated heterocycles. The van der Waals surface area contributed by atoms with Crippen molar-refractivity contribution in [2.45, 2.75) is 25.7 Å². The van der Waals surface area contributed by atoms with Crippen molar-refractivity contribution in [3.05, 3.63) is 60.2 Å². The standard InChI is InChI=1S/C24H27NO3/c26-23(20-10-8-19(9-11-20)18-5-2-1-3-6-18)22-7-4-14-25(17-22)24(27)21-12-15-28-16-13-21/h1-3,5-6,8-11,21-22H,4,7,12-17H2. The van der Waals surface area contributed by atoms with Crippen LogP contribution in [0.4, 0.5) is 0 Å². The number of amides is 1. The molecular weight excluding hydrogens is 350 g/mol. The van der Waals surface area contributed by atoms with Gasteiger partial charge in [-0.3, -0.25) is 9.59 Å². The number of carbonyl (C=O) groups is 2. The lowest BCUT2D eigenvalue weighted by Crippen LogP contribution is -2.45. The monoisotopic (exact) mass is 377 g/mol. The fourth-order valence-electron chi connectivity index (χ4n) is 4.29. The van der Waals surface area contributed by atoms with Crippen LogP contribution in [0.5, 0.6) is 0 Å². The van der Waals surface area contributed by atoms with Gasteiger partial charge in [0, 0.05) is 43.7 Å². The smallest absolute Gasteiger partial charge is 0.225 e. The molecule has 1 amide bonds. The van der Waals surface area contributed by atoms with Crippen LogP contribution >= 0.6 is 0 Å². The number of ether oxygens (including phenoxy) is 1. The molecule has 2 aliphatic heterocycles. The number of likely N-dealkylation sites (tertiary alicyclic amines) is 1. The highest BCUT2D eigenvalue weighted by molar-refractivity contribution is 5.98. The van der Waals surface area contributed by atoms with Crippen LogP contribution in [-0.4, -0.2) is 42.9 Å². The normalized spacial score (nSPS) is 20.7. The van der Waals surface area contributed by atoms with Gasteiger partial charge in [0.1, 0.15) is 0 Å². The Morgan fingerprint density at radius 2 is 1.50 bits per heavy atom. The maximum Gasteiger partial charge on any atom is 0.225 e. The van der Waals surface area contributed by atoms with E-state index in [1.807, 2.05) is 47.4 Å². The van der Waals surface area contributed by atoms with Gasteiger partial charge < -0.3 is 9.64 Å². The van der Waals surface area contributed by atoms with E-state index >= 15 is 0 Å². The summed E-state index contributed by atoms with van der Waals surface area (Å²) < 4.78 is 5.37. The Bertz CT molecular complexity index is 810. The second-order valence-electron chi connectivity index (χ2n) is 7.82. The van der Waals surface area contributed by atoms with E-state index in [-0.39, 0.29) is 23.5 Å². The Labute approximate surface area is 166 Å². The van der Waals surface area contributed by atoms with Crippen LogP contribution in [0, 0.1) is 11.8 Å². The lowest BCUT2D eigenvalue weighted by atomic mass is 9.88. The summed E-state index contributed by atoms with van der Waals surface area (Å²) >= 11 is 0. The Balaban J connectivity index is 1.42. The van der Waals surface area contributed by atoms with Crippen molar-refractivity contribution in [1.29, 1.82) is 0 Å². The van der Waals surface area contributed by atoms with Crippen molar-refractivity contribution >= 4 is 11.7 Å². The van der Waals surface area contributed by atoms with Crippen LogP contribution in [0.2, 0.25) is 0 Å². The second-order valence-corrected chi connectivity index (χ2v) is 7.82. The van der Waals surface area contributed by atoms with Crippen LogP contribution in [0.3, 0.4) is 0 Å². The quantitative estimate of drug-likeness (QED) is 0.750. The lowest BCUT2D eigenvalue weighted by Gasteiger charge is -2.35. The Kier molecular flexibility index (Phi) is 5.87. The van der Waals surface area contributed by atoms with Crippen molar-refractivity contribution < 1.29 is 14.3 Å². The van der Waals surface area contributed by atoms with Gasteiger partial charge in [0.05, 0.1) is 0 Å². The summed E-state index contributed by atoms with van der Waals surface area (Å²) in [5.74, 6) is 0.331. The molecule has 0 spiro atoms. The van der Waals surface area contributed by atoms with Crippen molar-refractivity contribution in [1.82, 2.24) is 4.90 Å². The van der Waals surface area contributed by atoms with Crippen LogP contribution in [0.15, 0.2) is 54.6 Å². The molecular formula is C24H27NO3. The topological polar surface area (TPSA) is 46.6 Å². The number of nitrogens with zero attached hydrogens (tertiary/aromatic N) is 1. The number of piperidine rings is 1. The molecule has 0 N–H and O–H groups in total. The fourth-order valence-corrected chi connectivity index (χ4v) is 4.29. The van der Waals surface area contributed by atoms with Crippen LogP contribution in [0.25, 0.3) is 11.1 Å². The Morgan fingerprint density at radius 3 is 2.21 bits per heavy atom. The van der Waals surface area contributed by atoms with Crippen molar-refractivity contribution in [3.63, 3.8) is 0 Å². The summed E-state index contributed by atoms with van der Waals surface area (Å²) in [6, 6.07) is 18.0. The summed E-state index contributed by atoms with van der Waals surface area (Å²) in [5.41, 5.74) is 2.99. The molecule has 0 bridgehead atoms. The molecule has 2 heterocycles. The molecule has 0 saturated carbocycles. The minimum Gasteiger partial charge on any atom is -0.381 e. The predicted octanol–water partition coefficient (Wildman–Crippen LogP) is 4.20. The van der Waals surface area contributed by atoms with Crippen molar-refractivity contribution in [2.75, 3.05) is 26.3 Å². The highest BCUT2D eigenvalue weighted by Crippen LogP contribution is 2.26. The maximum absolute atomic E-state index is 13.0. The van der Waals surface area contributed by atoms with Crippen molar-refractivity contribution in [2.24, 2.45) is 11.8 Å². The minimum absolute atomic E-state index is 0.0627. The molecule has 0 aromatic heterocycles. The zero-order chi connectivity index (χ0) is 19.3. The average Bonchev–Trinajstić information content (AvgIpc) is 2.79. The van der Waals surface area contributed by atoms with Gasteiger partial charge in [-0.25, -0.2) is 0 Å². The summed E-state index contributed by atoms with van der Waals surface area (Å²) in [7, 11) is 0. The van der Waals surface area contributed by atoms with Gasteiger partial charge in [-0.05, 0) is 36.8 Å². The molecule has 2 aliphatic rings. The zero-order valence-corrected chi connectivity index (χ0v) is 16.2. The number of ketones is 1. The Morgan fingerprint density at radius 1 is 0.821 bits per heavy atom. The molecule has 2 aromatic rings. The van der Waals surface area contributed by atoms with Crippen LogP contribution in [-0.2, 0) is 9.53 Å². The first-order valence-electron chi connectivity index (χ1n) is 10.3. The zero-order valence-electron chi connectivity index (χ0n) is 16.2. The molecule has 0 radical (unpaired) electrons. The van der Waals surface area contributed by atoms with Gasteiger partial charge in [0.2, 0.25) is 5.91 Å². The van der Waals surface area contributed by atoms with Crippen molar-refractivity contribution in [3.8, 4) is 11.1 Å². The minimum atomic E-state index is -0.0971. The molecule has 4 nitrogen and oxygen atoms in total. The maximum atomic E-state index is 13.0. The van der Waals surface area contributed by atoms with Gasteiger partial charge >= 0.3 is 0 Å². The number of benzene rings is 2. The van der Waals surface area contributed by atoms with E-state index < -0.39 is 0 Å². The molecule has 2 aromatic carbocycles. The molecule has 146 valence electrons. The molecule has 28 heavy (non-hydrogen) atoms. The van der Waals surface area contributed by atoms with E-state index in [0.29, 0.717) is 19.8 Å². The number of Topliss-reactive ketones (excluding diaryl/α,β-unsaturated/α-hetero) is 1. The van der Waals surface area contributed by atoms with E-state index in [1.54, 1.807) is 0 Å².